The molecule has 1 aromatic carbocycles. The van der Waals surface area contributed by atoms with Gasteiger partial charge in [-0.15, -0.1) is 0 Å². The number of fused-ring (bicyclic) bond motifs is 1. The Morgan fingerprint density at radius 2 is 2.15 bits per heavy atom. The normalized spacial score (nSPS) is 12.5. The molecule has 3 rings (SSSR count). The Bertz CT molecular complexity index is 914. The number of amides is 2. The van der Waals surface area contributed by atoms with Crippen LogP contribution in [0.5, 0.6) is 0 Å². The van der Waals surface area contributed by atoms with Crippen LogP contribution in [0.1, 0.15) is 31.4 Å². The monoisotopic (exact) mass is 357 g/mol. The summed E-state index contributed by atoms with van der Waals surface area (Å²) in [4.78, 5) is 21.8. The number of aromatic amines is 1. The van der Waals surface area contributed by atoms with Crippen LogP contribution in [-0.2, 0) is 13.6 Å². The summed E-state index contributed by atoms with van der Waals surface area (Å²) >= 11 is 0. The second kappa shape index (κ2) is 7.19. The third-order valence-corrected chi connectivity index (χ3v) is 4.48. The molecule has 2 aromatic heterocycles. The van der Waals surface area contributed by atoms with E-state index < -0.39 is 0 Å². The number of hydrogen-bond donors (Lipinski definition) is 2. The van der Waals surface area contributed by atoms with Gasteiger partial charge in [-0.1, -0.05) is 13.8 Å². The van der Waals surface area contributed by atoms with Gasteiger partial charge in [-0.2, -0.15) is 0 Å². The van der Waals surface area contributed by atoms with Crippen LogP contribution in [-0.4, -0.2) is 32.5 Å². The van der Waals surface area contributed by atoms with Crippen molar-refractivity contribution in [3.05, 3.63) is 54.0 Å². The number of imidazole rings is 1. The van der Waals surface area contributed by atoms with Crippen LogP contribution in [0, 0.1) is 11.7 Å². The highest BCUT2D eigenvalue weighted by Gasteiger charge is 2.23. The van der Waals surface area contributed by atoms with Gasteiger partial charge in [0.1, 0.15) is 11.6 Å². The summed E-state index contributed by atoms with van der Waals surface area (Å²) < 4.78 is 15.2. The second-order valence-electron chi connectivity index (χ2n) is 6.95. The van der Waals surface area contributed by atoms with Crippen molar-refractivity contribution in [2.24, 2.45) is 13.0 Å². The van der Waals surface area contributed by atoms with E-state index >= 15 is 0 Å². The number of aryl methyl sites for hydroxylation is 1. The average molecular weight is 357 g/mol. The minimum absolute atomic E-state index is 0.179. The summed E-state index contributed by atoms with van der Waals surface area (Å²) in [5.74, 6) is 0.747. The molecule has 0 bridgehead atoms. The summed E-state index contributed by atoms with van der Waals surface area (Å²) in [6.45, 7) is 4.49. The van der Waals surface area contributed by atoms with E-state index in [9.17, 15) is 9.18 Å². The van der Waals surface area contributed by atoms with Crippen molar-refractivity contribution in [2.75, 3.05) is 7.05 Å². The molecule has 3 aromatic rings. The lowest BCUT2D eigenvalue weighted by atomic mass is 10.0. The van der Waals surface area contributed by atoms with Gasteiger partial charge < -0.3 is 19.8 Å². The molecule has 2 heterocycles. The Hall–Kier alpha value is -2.83. The average Bonchev–Trinajstić information content (AvgIpc) is 3.17. The predicted molar refractivity (Wildman–Crippen MR) is 99.0 cm³/mol. The minimum atomic E-state index is -0.274. The topological polar surface area (TPSA) is 66.0 Å². The van der Waals surface area contributed by atoms with Gasteiger partial charge in [0.05, 0.1) is 12.6 Å². The number of H-pyrrole nitrogens is 1. The number of hydrogen-bond acceptors (Lipinski definition) is 2. The molecule has 0 aliphatic carbocycles. The molecule has 138 valence electrons. The Morgan fingerprint density at radius 3 is 2.81 bits per heavy atom. The van der Waals surface area contributed by atoms with Gasteiger partial charge in [-0.25, -0.2) is 14.2 Å². The Balaban J connectivity index is 1.70. The first-order valence-corrected chi connectivity index (χ1v) is 8.61. The number of rotatable bonds is 5. The van der Waals surface area contributed by atoms with Crippen LogP contribution in [0.15, 0.2) is 36.7 Å². The summed E-state index contributed by atoms with van der Waals surface area (Å²) in [6.07, 6.45) is 3.59. The third kappa shape index (κ3) is 3.71. The van der Waals surface area contributed by atoms with Crippen LogP contribution >= 0.6 is 0 Å². The standard InChI is InChI=1S/C19H24FN5O/c1-12(2)17(18-21-7-8-24(18)3)23-19(26)25(4)11-15-10-13-9-14(20)5-6-16(13)22-15/h5-10,12,17,22H,11H2,1-4H3,(H,23,26)/t17-/m0/s1. The quantitative estimate of drug-likeness (QED) is 0.733. The zero-order valence-electron chi connectivity index (χ0n) is 15.5. The van der Waals surface area contributed by atoms with Gasteiger partial charge in [0.25, 0.3) is 0 Å². The SMILES string of the molecule is CC(C)[C@H](NC(=O)N(C)Cc1cc2cc(F)ccc2[nH]1)c1nccn1C. The van der Waals surface area contributed by atoms with Crippen LogP contribution in [0.2, 0.25) is 0 Å². The highest BCUT2D eigenvalue weighted by Crippen LogP contribution is 2.21. The number of urea groups is 1. The van der Waals surface area contributed by atoms with Crippen molar-refractivity contribution < 1.29 is 9.18 Å². The Labute approximate surface area is 152 Å². The van der Waals surface area contributed by atoms with Gasteiger partial charge >= 0.3 is 6.03 Å². The number of nitrogens with one attached hydrogen (secondary N) is 2. The van der Waals surface area contributed by atoms with Gasteiger partial charge in [0.15, 0.2) is 0 Å². The lowest BCUT2D eigenvalue weighted by Crippen LogP contribution is -2.41. The van der Waals surface area contributed by atoms with E-state index in [0.29, 0.717) is 6.54 Å². The smallest absolute Gasteiger partial charge is 0.318 e. The molecule has 6 nitrogen and oxygen atoms in total. The fourth-order valence-corrected chi connectivity index (χ4v) is 3.03. The zero-order chi connectivity index (χ0) is 18.8. The molecule has 0 saturated heterocycles. The van der Waals surface area contributed by atoms with Crippen molar-refractivity contribution >= 4 is 16.9 Å². The predicted octanol–water partition coefficient (Wildman–Crippen LogP) is 3.58. The molecule has 0 aliphatic heterocycles. The summed E-state index contributed by atoms with van der Waals surface area (Å²) in [5.41, 5.74) is 1.70. The first-order valence-electron chi connectivity index (χ1n) is 8.61. The highest BCUT2D eigenvalue weighted by atomic mass is 19.1. The van der Waals surface area contributed by atoms with Crippen molar-refractivity contribution in [3.8, 4) is 0 Å². The van der Waals surface area contributed by atoms with E-state index in [1.54, 1.807) is 24.2 Å². The largest absolute Gasteiger partial charge is 0.357 e. The van der Waals surface area contributed by atoms with E-state index in [0.717, 1.165) is 22.4 Å². The molecule has 0 saturated carbocycles. The first kappa shape index (κ1) is 18.0. The summed E-state index contributed by atoms with van der Waals surface area (Å²) in [6, 6.07) is 6.09. The van der Waals surface area contributed by atoms with Crippen LogP contribution in [0.25, 0.3) is 10.9 Å². The molecule has 7 heteroatoms. The third-order valence-electron chi connectivity index (χ3n) is 4.48. The van der Waals surface area contributed by atoms with Crippen molar-refractivity contribution in [2.45, 2.75) is 26.4 Å². The fourth-order valence-electron chi connectivity index (χ4n) is 3.03. The second-order valence-corrected chi connectivity index (χ2v) is 6.95. The summed E-state index contributed by atoms with van der Waals surface area (Å²) in [5, 5.41) is 3.85. The maximum atomic E-state index is 13.3. The number of benzene rings is 1. The van der Waals surface area contributed by atoms with E-state index in [1.165, 1.54) is 12.1 Å². The minimum Gasteiger partial charge on any atom is -0.357 e. The lowest BCUT2D eigenvalue weighted by molar-refractivity contribution is 0.197. The number of halogens is 1. The molecule has 2 N–H and O–H groups in total. The van der Waals surface area contributed by atoms with E-state index in [-0.39, 0.29) is 23.8 Å². The van der Waals surface area contributed by atoms with Crippen LogP contribution < -0.4 is 5.32 Å². The molecular formula is C19H24FN5O. The number of aromatic nitrogens is 3. The number of nitrogens with zero attached hydrogens (tertiary/aromatic N) is 3. The van der Waals surface area contributed by atoms with Gasteiger partial charge in [-0.3, -0.25) is 0 Å². The molecule has 0 spiro atoms. The van der Waals surface area contributed by atoms with Gasteiger partial charge in [0, 0.05) is 43.1 Å². The fraction of sp³-hybridized carbons (Fsp3) is 0.368. The van der Waals surface area contributed by atoms with E-state index in [1.807, 2.05) is 37.7 Å². The van der Waals surface area contributed by atoms with Crippen LogP contribution in [0.4, 0.5) is 9.18 Å². The molecule has 0 aliphatic rings. The molecule has 2 amide bonds. The van der Waals surface area contributed by atoms with Crippen molar-refractivity contribution in [1.29, 1.82) is 0 Å². The van der Waals surface area contributed by atoms with Crippen molar-refractivity contribution in [3.63, 3.8) is 0 Å². The number of carbonyl (C=O) groups excluding carboxylic acids is 1. The Morgan fingerprint density at radius 1 is 1.38 bits per heavy atom. The first-order chi connectivity index (χ1) is 12.3. The van der Waals surface area contributed by atoms with Gasteiger partial charge in [-0.05, 0) is 30.2 Å². The Kier molecular flexibility index (Phi) is 4.97. The summed E-state index contributed by atoms with van der Waals surface area (Å²) in [7, 11) is 3.65. The molecule has 26 heavy (non-hydrogen) atoms. The maximum Gasteiger partial charge on any atom is 0.318 e. The van der Waals surface area contributed by atoms with Gasteiger partial charge in [0.2, 0.25) is 0 Å². The molecule has 0 fully saturated rings. The van der Waals surface area contributed by atoms with E-state index in [4.69, 9.17) is 0 Å². The maximum absolute atomic E-state index is 13.3. The lowest BCUT2D eigenvalue weighted by Gasteiger charge is -2.25. The molecule has 0 radical (unpaired) electrons. The molecule has 1 atom stereocenters. The zero-order valence-corrected chi connectivity index (χ0v) is 15.5. The molecule has 0 unspecified atom stereocenters. The van der Waals surface area contributed by atoms with Crippen LogP contribution in [0.3, 0.4) is 0 Å². The number of carbonyl (C=O) groups is 1. The highest BCUT2D eigenvalue weighted by molar-refractivity contribution is 5.80. The van der Waals surface area contributed by atoms with Crippen molar-refractivity contribution in [1.82, 2.24) is 24.8 Å². The molecular weight excluding hydrogens is 333 g/mol. The van der Waals surface area contributed by atoms with E-state index in [2.05, 4.69) is 15.3 Å².